The number of nitrogens with zero attached hydrogens (tertiary/aromatic N) is 1. The molecule has 1 aromatic rings. The molecule has 2 N–H and O–H groups in total. The van der Waals surface area contributed by atoms with Crippen molar-refractivity contribution in [3.05, 3.63) is 17.0 Å². The molecule has 0 radical (unpaired) electrons. The summed E-state index contributed by atoms with van der Waals surface area (Å²) >= 11 is 0. The lowest BCUT2D eigenvalue weighted by atomic mass is 9.84. The molecule has 0 spiro atoms. The van der Waals surface area contributed by atoms with Gasteiger partial charge in [0.2, 0.25) is 11.8 Å². The zero-order chi connectivity index (χ0) is 18.2. The Morgan fingerprint density at radius 2 is 1.56 bits per heavy atom. The Morgan fingerprint density at radius 1 is 1.00 bits per heavy atom. The van der Waals surface area contributed by atoms with Gasteiger partial charge in [-0.1, -0.05) is 5.16 Å². The summed E-state index contributed by atoms with van der Waals surface area (Å²) in [5, 5.41) is 10.3. The van der Waals surface area contributed by atoms with E-state index in [2.05, 4.69) is 15.8 Å². The molecule has 0 unspecified atom stereocenters. The second-order valence-corrected chi connectivity index (χ2v) is 8.14. The van der Waals surface area contributed by atoms with Crippen molar-refractivity contribution in [2.24, 2.45) is 11.8 Å². The SMILES string of the molecule is Cc1noc(C)c1C(C)(C)NC(=O)C1CCC(NC(=O)C2CC2)CC1. The van der Waals surface area contributed by atoms with Gasteiger partial charge in [-0.3, -0.25) is 9.59 Å². The molecule has 6 nitrogen and oxygen atoms in total. The molecule has 0 bridgehead atoms. The second-order valence-electron chi connectivity index (χ2n) is 8.14. The minimum Gasteiger partial charge on any atom is -0.361 e. The number of aromatic nitrogens is 1. The van der Waals surface area contributed by atoms with Crippen LogP contribution in [0.2, 0.25) is 0 Å². The minimum absolute atomic E-state index is 0.00817. The van der Waals surface area contributed by atoms with Crippen LogP contribution >= 0.6 is 0 Å². The van der Waals surface area contributed by atoms with Gasteiger partial charge >= 0.3 is 0 Å². The van der Waals surface area contributed by atoms with Crippen LogP contribution in [0.15, 0.2) is 4.52 Å². The van der Waals surface area contributed by atoms with Crippen LogP contribution in [-0.4, -0.2) is 23.0 Å². The first-order chi connectivity index (χ1) is 11.8. The molecule has 2 amide bonds. The lowest BCUT2D eigenvalue weighted by Crippen LogP contribution is -2.46. The maximum atomic E-state index is 12.7. The lowest BCUT2D eigenvalue weighted by molar-refractivity contribution is -0.128. The Kier molecular flexibility index (Phi) is 4.89. The molecular weight excluding hydrogens is 318 g/mol. The lowest BCUT2D eigenvalue weighted by Gasteiger charge is -2.32. The largest absolute Gasteiger partial charge is 0.361 e. The standard InChI is InChI=1S/C19H29N3O3/c1-11-16(12(2)25-22-11)19(3,4)21-18(24)14-7-9-15(10-8-14)20-17(23)13-5-6-13/h13-15H,5-10H2,1-4H3,(H,20,23)(H,21,24). The first kappa shape index (κ1) is 18.0. The van der Waals surface area contributed by atoms with Crippen LogP contribution in [0, 0.1) is 25.7 Å². The van der Waals surface area contributed by atoms with E-state index in [-0.39, 0.29) is 29.7 Å². The van der Waals surface area contributed by atoms with Gasteiger partial charge < -0.3 is 15.2 Å². The minimum atomic E-state index is -0.512. The number of nitrogens with one attached hydrogen (secondary N) is 2. The number of carbonyl (C=O) groups is 2. The fraction of sp³-hybridized carbons (Fsp3) is 0.737. The van der Waals surface area contributed by atoms with E-state index in [1.54, 1.807) is 0 Å². The van der Waals surface area contributed by atoms with Gasteiger partial charge in [-0.05, 0) is 66.2 Å². The Bertz CT molecular complexity index is 633. The molecular formula is C19H29N3O3. The van der Waals surface area contributed by atoms with Crippen molar-refractivity contribution in [1.82, 2.24) is 15.8 Å². The van der Waals surface area contributed by atoms with Gasteiger partial charge in [0.1, 0.15) is 5.76 Å². The fourth-order valence-electron chi connectivity index (χ4n) is 4.01. The number of amides is 2. The van der Waals surface area contributed by atoms with E-state index in [0.29, 0.717) is 0 Å². The molecule has 2 saturated carbocycles. The van der Waals surface area contributed by atoms with Gasteiger partial charge in [0, 0.05) is 23.4 Å². The Hall–Kier alpha value is -1.85. The van der Waals surface area contributed by atoms with Crippen LogP contribution in [0.1, 0.15) is 69.4 Å². The van der Waals surface area contributed by atoms with Crippen molar-refractivity contribution in [3.63, 3.8) is 0 Å². The van der Waals surface area contributed by atoms with Gasteiger partial charge in [0.15, 0.2) is 0 Å². The van der Waals surface area contributed by atoms with Crippen molar-refractivity contribution in [2.75, 3.05) is 0 Å². The topological polar surface area (TPSA) is 84.2 Å². The van der Waals surface area contributed by atoms with Crippen LogP contribution in [0.3, 0.4) is 0 Å². The molecule has 6 heteroatoms. The number of hydrogen-bond acceptors (Lipinski definition) is 4. The smallest absolute Gasteiger partial charge is 0.223 e. The van der Waals surface area contributed by atoms with Crippen molar-refractivity contribution >= 4 is 11.8 Å². The summed E-state index contributed by atoms with van der Waals surface area (Å²) in [6.45, 7) is 7.74. The number of hydrogen-bond donors (Lipinski definition) is 2. The van der Waals surface area contributed by atoms with Gasteiger partial charge in [-0.2, -0.15) is 0 Å². The zero-order valence-electron chi connectivity index (χ0n) is 15.6. The molecule has 2 aliphatic rings. The summed E-state index contributed by atoms with van der Waals surface area (Å²) in [6, 6.07) is 0.229. The molecule has 0 atom stereocenters. The molecule has 25 heavy (non-hydrogen) atoms. The quantitative estimate of drug-likeness (QED) is 0.858. The van der Waals surface area contributed by atoms with E-state index in [1.807, 2.05) is 27.7 Å². The molecule has 1 aromatic heterocycles. The number of carbonyl (C=O) groups excluding carboxylic acids is 2. The molecule has 0 aromatic carbocycles. The van der Waals surface area contributed by atoms with Crippen molar-refractivity contribution in [3.8, 4) is 0 Å². The highest BCUT2D eigenvalue weighted by Gasteiger charge is 2.35. The number of aryl methyl sites for hydroxylation is 2. The third-order valence-corrected chi connectivity index (χ3v) is 5.49. The third-order valence-electron chi connectivity index (χ3n) is 5.49. The highest BCUT2D eigenvalue weighted by atomic mass is 16.5. The van der Waals surface area contributed by atoms with Gasteiger partial charge in [0.25, 0.3) is 0 Å². The second kappa shape index (κ2) is 6.81. The Balaban J connectivity index is 1.53. The van der Waals surface area contributed by atoms with E-state index < -0.39 is 5.54 Å². The first-order valence-corrected chi connectivity index (χ1v) is 9.33. The molecule has 138 valence electrons. The highest BCUT2D eigenvalue weighted by molar-refractivity contribution is 5.81. The van der Waals surface area contributed by atoms with E-state index >= 15 is 0 Å². The van der Waals surface area contributed by atoms with Crippen molar-refractivity contribution < 1.29 is 14.1 Å². The first-order valence-electron chi connectivity index (χ1n) is 9.33. The highest BCUT2D eigenvalue weighted by Crippen LogP contribution is 2.32. The Labute approximate surface area is 149 Å². The molecule has 0 saturated heterocycles. The predicted octanol–water partition coefficient (Wildman–Crippen LogP) is 2.73. The van der Waals surface area contributed by atoms with E-state index in [1.165, 1.54) is 0 Å². The summed E-state index contributed by atoms with van der Waals surface area (Å²) in [7, 11) is 0. The van der Waals surface area contributed by atoms with Gasteiger partial charge in [-0.15, -0.1) is 0 Å². The summed E-state index contributed by atoms with van der Waals surface area (Å²) in [4.78, 5) is 24.6. The van der Waals surface area contributed by atoms with E-state index in [0.717, 1.165) is 55.5 Å². The average molecular weight is 347 g/mol. The summed E-state index contributed by atoms with van der Waals surface area (Å²) in [5.74, 6) is 1.28. The number of rotatable bonds is 5. The average Bonchev–Trinajstić information content (AvgIpc) is 3.33. The zero-order valence-corrected chi connectivity index (χ0v) is 15.6. The van der Waals surface area contributed by atoms with Crippen LogP contribution in [0.5, 0.6) is 0 Å². The normalized spacial score (nSPS) is 24.0. The summed E-state index contributed by atoms with van der Waals surface area (Å²) in [5.41, 5.74) is 1.25. The fourth-order valence-corrected chi connectivity index (χ4v) is 4.01. The van der Waals surface area contributed by atoms with Gasteiger partial charge in [0.05, 0.1) is 11.2 Å². The predicted molar refractivity (Wildman–Crippen MR) is 93.8 cm³/mol. The van der Waals surface area contributed by atoms with E-state index in [4.69, 9.17) is 4.52 Å². The molecule has 2 aliphatic carbocycles. The van der Waals surface area contributed by atoms with Crippen LogP contribution < -0.4 is 10.6 Å². The maximum absolute atomic E-state index is 12.7. The maximum Gasteiger partial charge on any atom is 0.223 e. The summed E-state index contributed by atoms with van der Waals surface area (Å²) < 4.78 is 5.24. The Morgan fingerprint density at radius 3 is 2.08 bits per heavy atom. The molecule has 1 heterocycles. The molecule has 2 fully saturated rings. The van der Waals surface area contributed by atoms with Crippen molar-refractivity contribution in [2.45, 2.75) is 77.8 Å². The monoisotopic (exact) mass is 347 g/mol. The van der Waals surface area contributed by atoms with Crippen LogP contribution in [-0.2, 0) is 15.1 Å². The molecule has 3 rings (SSSR count). The summed E-state index contributed by atoms with van der Waals surface area (Å²) in [6.07, 6.45) is 5.45. The third kappa shape index (κ3) is 4.05. The van der Waals surface area contributed by atoms with Crippen LogP contribution in [0.4, 0.5) is 0 Å². The van der Waals surface area contributed by atoms with Crippen molar-refractivity contribution in [1.29, 1.82) is 0 Å². The van der Waals surface area contributed by atoms with Gasteiger partial charge in [-0.25, -0.2) is 0 Å². The van der Waals surface area contributed by atoms with E-state index in [9.17, 15) is 9.59 Å². The van der Waals surface area contributed by atoms with Crippen LogP contribution in [0.25, 0.3) is 0 Å². The molecule has 0 aliphatic heterocycles.